The van der Waals surface area contributed by atoms with Crippen LogP contribution in [0.2, 0.25) is 0 Å². The minimum absolute atomic E-state index is 0. The molecule has 0 radical (unpaired) electrons. The van der Waals surface area contributed by atoms with Gasteiger partial charge in [-0.2, -0.15) is 0 Å². The number of amidine groups is 2. The molecule has 0 unspecified atom stereocenters. The molecule has 25 heavy (non-hydrogen) atoms. The number of likely N-dealkylation sites (N-methyl/N-ethyl adjacent to an activating group) is 2. The number of nitrogens with two attached hydrogens (primary N) is 2. The number of hydrogen-bond donors (Lipinski definition) is 4. The predicted octanol–water partition coefficient (Wildman–Crippen LogP) is 2.25. The van der Waals surface area contributed by atoms with E-state index < -0.39 is 0 Å². The van der Waals surface area contributed by atoms with Gasteiger partial charge in [0.05, 0.1) is 0 Å². The predicted molar refractivity (Wildman–Crippen MR) is 109 cm³/mol. The van der Waals surface area contributed by atoms with Crippen LogP contribution in [0.25, 0.3) is 0 Å². The number of hydrogen-bond acceptors (Lipinski definition) is 4. The van der Waals surface area contributed by atoms with E-state index in [0.29, 0.717) is 0 Å². The van der Waals surface area contributed by atoms with Gasteiger partial charge in [-0.3, -0.25) is 10.8 Å². The van der Waals surface area contributed by atoms with Gasteiger partial charge in [0, 0.05) is 49.7 Å². The van der Waals surface area contributed by atoms with Gasteiger partial charge in [-0.25, -0.2) is 0 Å². The summed E-state index contributed by atoms with van der Waals surface area (Å²) >= 11 is 0. The second-order valence-corrected chi connectivity index (χ2v) is 5.76. The Labute approximate surface area is 154 Å². The molecule has 0 aliphatic carbocycles. The Balaban J connectivity index is 0.00000312. The van der Waals surface area contributed by atoms with Crippen LogP contribution < -0.4 is 21.3 Å². The Morgan fingerprint density at radius 3 is 1.24 bits per heavy atom. The molecule has 0 aromatic heterocycles. The lowest BCUT2D eigenvalue weighted by Crippen LogP contribution is -2.30. The summed E-state index contributed by atoms with van der Waals surface area (Å²) in [6.07, 6.45) is 0. The molecule has 0 saturated heterocycles. The quantitative estimate of drug-likeness (QED) is 0.448. The first-order valence-corrected chi connectivity index (χ1v) is 7.69. The van der Waals surface area contributed by atoms with Gasteiger partial charge in [0.2, 0.25) is 0 Å². The average molecular weight is 361 g/mol. The first-order valence-electron chi connectivity index (χ1n) is 7.69. The van der Waals surface area contributed by atoms with E-state index in [-0.39, 0.29) is 24.1 Å². The lowest BCUT2D eigenvalue weighted by Gasteiger charge is -2.25. The molecule has 0 saturated carbocycles. The van der Waals surface area contributed by atoms with Crippen LogP contribution >= 0.6 is 12.4 Å². The van der Waals surface area contributed by atoms with E-state index in [4.69, 9.17) is 22.3 Å². The summed E-state index contributed by atoms with van der Waals surface area (Å²) in [6, 6.07) is 15.3. The lowest BCUT2D eigenvalue weighted by molar-refractivity contribution is 0.833. The van der Waals surface area contributed by atoms with Crippen molar-refractivity contribution in [2.75, 3.05) is 37.0 Å². The van der Waals surface area contributed by atoms with Crippen LogP contribution in [0, 0.1) is 10.8 Å². The van der Waals surface area contributed by atoms with Crippen molar-refractivity contribution < 1.29 is 0 Å². The minimum Gasteiger partial charge on any atom is -0.384 e. The first kappa shape index (κ1) is 20.3. The van der Waals surface area contributed by atoms with Crippen LogP contribution in [0.15, 0.2) is 48.5 Å². The average Bonchev–Trinajstić information content (AvgIpc) is 2.59. The van der Waals surface area contributed by atoms with Gasteiger partial charge in [-0.1, -0.05) is 0 Å². The monoisotopic (exact) mass is 360 g/mol. The van der Waals surface area contributed by atoms with Crippen molar-refractivity contribution in [2.24, 2.45) is 11.5 Å². The van der Waals surface area contributed by atoms with E-state index in [1.807, 2.05) is 62.6 Å². The van der Waals surface area contributed by atoms with Crippen LogP contribution in [0.4, 0.5) is 11.4 Å². The summed E-state index contributed by atoms with van der Waals surface area (Å²) in [4.78, 5) is 4.31. The fraction of sp³-hybridized carbons (Fsp3) is 0.222. The second kappa shape index (κ2) is 8.94. The molecular weight excluding hydrogens is 336 g/mol. The number of nitrogens with one attached hydrogen (secondary N) is 2. The molecule has 6 N–H and O–H groups in total. The SMILES string of the molecule is CN(CCN(C)c1ccc(C(=N)N)cc1)c1ccc(C(=N)N)cc1.Cl. The van der Waals surface area contributed by atoms with E-state index in [2.05, 4.69) is 9.80 Å². The van der Waals surface area contributed by atoms with Crippen molar-refractivity contribution in [3.05, 3.63) is 59.7 Å². The van der Waals surface area contributed by atoms with Gasteiger partial charge in [0.25, 0.3) is 0 Å². The highest BCUT2D eigenvalue weighted by Gasteiger charge is 2.06. The molecule has 134 valence electrons. The summed E-state index contributed by atoms with van der Waals surface area (Å²) in [7, 11) is 4.07. The maximum absolute atomic E-state index is 7.42. The Morgan fingerprint density at radius 2 is 1.00 bits per heavy atom. The highest BCUT2D eigenvalue weighted by molar-refractivity contribution is 5.95. The molecule has 0 aliphatic rings. The molecule has 0 bridgehead atoms. The van der Waals surface area contributed by atoms with Gasteiger partial charge in [-0.15, -0.1) is 12.4 Å². The highest BCUT2D eigenvalue weighted by atomic mass is 35.5. The molecule has 0 atom stereocenters. The molecule has 0 heterocycles. The Kier molecular flexibility index (Phi) is 7.26. The Hall–Kier alpha value is -2.73. The zero-order valence-corrected chi connectivity index (χ0v) is 15.3. The van der Waals surface area contributed by atoms with Gasteiger partial charge in [-0.05, 0) is 48.5 Å². The third-order valence-electron chi connectivity index (χ3n) is 4.01. The van der Waals surface area contributed by atoms with Crippen molar-refractivity contribution in [3.63, 3.8) is 0 Å². The van der Waals surface area contributed by atoms with Crippen LogP contribution in [-0.4, -0.2) is 38.9 Å². The van der Waals surface area contributed by atoms with Gasteiger partial charge in [0.1, 0.15) is 11.7 Å². The Bertz CT molecular complexity index is 648. The van der Waals surface area contributed by atoms with E-state index in [9.17, 15) is 0 Å². The number of anilines is 2. The molecule has 0 amide bonds. The van der Waals surface area contributed by atoms with Crippen molar-refractivity contribution in [3.8, 4) is 0 Å². The number of benzene rings is 2. The molecule has 2 aromatic carbocycles. The van der Waals surface area contributed by atoms with E-state index in [1.54, 1.807) is 0 Å². The molecule has 0 aliphatic heterocycles. The molecular formula is C18H25ClN6. The van der Waals surface area contributed by atoms with Gasteiger partial charge in [0.15, 0.2) is 0 Å². The van der Waals surface area contributed by atoms with Crippen LogP contribution in [0.1, 0.15) is 11.1 Å². The number of halogens is 1. The molecule has 2 rings (SSSR count). The summed E-state index contributed by atoms with van der Waals surface area (Å²) in [5, 5.41) is 14.8. The van der Waals surface area contributed by atoms with E-state index in [0.717, 1.165) is 35.6 Å². The number of nitrogens with zero attached hydrogens (tertiary/aromatic N) is 2. The van der Waals surface area contributed by atoms with Crippen molar-refractivity contribution in [2.45, 2.75) is 0 Å². The third-order valence-corrected chi connectivity index (χ3v) is 4.01. The lowest BCUT2D eigenvalue weighted by atomic mass is 10.2. The third kappa shape index (κ3) is 5.39. The van der Waals surface area contributed by atoms with E-state index >= 15 is 0 Å². The number of rotatable bonds is 7. The molecule has 2 aromatic rings. The van der Waals surface area contributed by atoms with Gasteiger partial charge >= 0.3 is 0 Å². The van der Waals surface area contributed by atoms with Gasteiger partial charge < -0.3 is 21.3 Å². The minimum atomic E-state index is 0. The maximum atomic E-state index is 7.42. The maximum Gasteiger partial charge on any atom is 0.122 e. The van der Waals surface area contributed by atoms with Crippen LogP contribution in [0.3, 0.4) is 0 Å². The standard InChI is InChI=1S/C18H24N6.ClH/c1-23(15-7-3-13(4-8-15)17(19)20)11-12-24(2)16-9-5-14(6-10-16)18(21)22;/h3-10H,11-12H2,1-2H3,(H3,19,20)(H3,21,22);1H. The summed E-state index contributed by atoms with van der Waals surface area (Å²) in [6.45, 7) is 1.70. The van der Waals surface area contributed by atoms with Crippen molar-refractivity contribution >= 4 is 35.5 Å². The zero-order chi connectivity index (χ0) is 17.7. The van der Waals surface area contributed by atoms with E-state index in [1.165, 1.54) is 0 Å². The molecule has 0 fully saturated rings. The van der Waals surface area contributed by atoms with Crippen molar-refractivity contribution in [1.29, 1.82) is 10.8 Å². The summed E-state index contributed by atoms with van der Waals surface area (Å²) in [5.41, 5.74) is 14.6. The number of nitrogen functional groups attached to an aromatic ring is 2. The molecule has 7 heteroatoms. The fourth-order valence-electron chi connectivity index (χ4n) is 2.35. The normalized spacial score (nSPS) is 9.84. The smallest absolute Gasteiger partial charge is 0.122 e. The fourth-order valence-corrected chi connectivity index (χ4v) is 2.35. The first-order chi connectivity index (χ1) is 11.4. The topological polar surface area (TPSA) is 106 Å². The van der Waals surface area contributed by atoms with Crippen molar-refractivity contribution in [1.82, 2.24) is 0 Å². The summed E-state index contributed by atoms with van der Waals surface area (Å²) in [5.74, 6) is 0.163. The Morgan fingerprint density at radius 1 is 0.720 bits per heavy atom. The van der Waals surface area contributed by atoms with Crippen LogP contribution in [-0.2, 0) is 0 Å². The van der Waals surface area contributed by atoms with Crippen LogP contribution in [0.5, 0.6) is 0 Å². The largest absolute Gasteiger partial charge is 0.384 e. The molecule has 0 spiro atoms. The summed E-state index contributed by atoms with van der Waals surface area (Å²) < 4.78 is 0. The molecule has 6 nitrogen and oxygen atoms in total. The second-order valence-electron chi connectivity index (χ2n) is 5.76. The highest BCUT2D eigenvalue weighted by Crippen LogP contribution is 2.16. The zero-order valence-electron chi connectivity index (χ0n) is 14.5.